The first kappa shape index (κ1) is 25.4. The lowest BCUT2D eigenvalue weighted by atomic mass is 9.99. The number of carbonyl (C=O) groups excluding carboxylic acids is 1. The fourth-order valence-electron chi connectivity index (χ4n) is 3.72. The number of ether oxygens (including phenoxy) is 2. The van der Waals surface area contributed by atoms with Crippen LogP contribution in [0, 0.1) is 5.92 Å². The number of aromatic nitrogens is 2. The van der Waals surface area contributed by atoms with Crippen molar-refractivity contribution in [1.29, 1.82) is 0 Å². The molecule has 35 heavy (non-hydrogen) atoms. The number of benzene rings is 1. The molecular formula is C22H25ClN4O6S2. The Morgan fingerprint density at radius 1 is 1.20 bits per heavy atom. The van der Waals surface area contributed by atoms with Gasteiger partial charge in [0.2, 0.25) is 11.8 Å². The van der Waals surface area contributed by atoms with Crippen molar-refractivity contribution in [3.05, 3.63) is 34.7 Å². The van der Waals surface area contributed by atoms with Crippen LogP contribution in [0.25, 0.3) is 11.5 Å². The van der Waals surface area contributed by atoms with Gasteiger partial charge in [-0.15, -0.1) is 16.4 Å². The van der Waals surface area contributed by atoms with Gasteiger partial charge in [0.25, 0.3) is 10.0 Å². The first-order valence-electron chi connectivity index (χ1n) is 11.1. The van der Waals surface area contributed by atoms with E-state index in [0.717, 1.165) is 11.3 Å². The van der Waals surface area contributed by atoms with Crippen molar-refractivity contribution < 1.29 is 27.1 Å². The fraction of sp³-hybridized carbons (Fsp3) is 0.409. The summed E-state index contributed by atoms with van der Waals surface area (Å²) >= 11 is 6.90. The van der Waals surface area contributed by atoms with E-state index in [9.17, 15) is 13.2 Å². The maximum absolute atomic E-state index is 12.9. The number of piperidine rings is 1. The van der Waals surface area contributed by atoms with Gasteiger partial charge in [-0.3, -0.25) is 10.1 Å². The van der Waals surface area contributed by atoms with Crippen molar-refractivity contribution in [2.45, 2.75) is 30.9 Å². The highest BCUT2D eigenvalue weighted by Gasteiger charge is 2.34. The number of carbonyl (C=O) groups is 1. The molecule has 1 saturated heterocycles. The van der Waals surface area contributed by atoms with E-state index in [1.807, 2.05) is 13.8 Å². The summed E-state index contributed by atoms with van der Waals surface area (Å²) in [4.78, 5) is 12.9. The second-order valence-electron chi connectivity index (χ2n) is 7.69. The molecule has 0 radical (unpaired) electrons. The van der Waals surface area contributed by atoms with Crippen LogP contribution in [-0.4, -0.2) is 55.1 Å². The van der Waals surface area contributed by atoms with Crippen molar-refractivity contribution in [3.63, 3.8) is 0 Å². The fourth-order valence-corrected chi connectivity index (χ4v) is 6.88. The molecule has 3 heterocycles. The highest BCUT2D eigenvalue weighted by atomic mass is 35.5. The van der Waals surface area contributed by atoms with E-state index in [1.165, 1.54) is 10.4 Å². The minimum atomic E-state index is -3.72. The van der Waals surface area contributed by atoms with Crippen LogP contribution in [0.15, 0.2) is 39.0 Å². The summed E-state index contributed by atoms with van der Waals surface area (Å²) in [5, 5.41) is 10.5. The molecule has 0 saturated carbocycles. The van der Waals surface area contributed by atoms with E-state index in [1.54, 1.807) is 24.3 Å². The summed E-state index contributed by atoms with van der Waals surface area (Å²) in [6, 6.07) is 8.19. The SMILES string of the molecule is CCOc1ccc(-c2nnc(NC(=O)C3CCCN(S(=O)(=O)c4ccc(Cl)s4)C3)o2)cc1OCC. The van der Waals surface area contributed by atoms with Gasteiger partial charge in [0.1, 0.15) is 4.21 Å². The van der Waals surface area contributed by atoms with E-state index in [-0.39, 0.29) is 28.6 Å². The molecule has 0 bridgehead atoms. The molecule has 13 heteroatoms. The minimum absolute atomic E-state index is 0.0568. The number of nitrogens with zero attached hydrogens (tertiary/aromatic N) is 3. The lowest BCUT2D eigenvalue weighted by Crippen LogP contribution is -2.43. The Kier molecular flexibility index (Phi) is 7.95. The molecule has 1 aromatic carbocycles. The Hall–Kier alpha value is -2.67. The zero-order valence-corrected chi connectivity index (χ0v) is 21.6. The molecule has 0 aliphatic carbocycles. The van der Waals surface area contributed by atoms with Gasteiger partial charge in [-0.05, 0) is 57.0 Å². The Morgan fingerprint density at radius 2 is 1.97 bits per heavy atom. The average Bonchev–Trinajstić information content (AvgIpc) is 3.50. The number of anilines is 1. The van der Waals surface area contributed by atoms with Crippen LogP contribution < -0.4 is 14.8 Å². The van der Waals surface area contributed by atoms with Gasteiger partial charge in [-0.25, -0.2) is 8.42 Å². The van der Waals surface area contributed by atoms with Crippen LogP contribution in [0.5, 0.6) is 11.5 Å². The van der Waals surface area contributed by atoms with Crippen molar-refractivity contribution >= 4 is 44.9 Å². The Morgan fingerprint density at radius 3 is 2.69 bits per heavy atom. The standard InChI is InChI=1S/C22H25ClN4O6S2/c1-3-31-16-8-7-14(12-17(16)32-4-2)21-25-26-22(33-21)24-20(28)15-6-5-11-27(13-15)35(29,30)19-10-9-18(23)34-19/h7-10,12,15H,3-6,11,13H2,1-2H3,(H,24,26,28). The molecule has 1 aliphatic heterocycles. The molecule has 2 aromatic heterocycles. The first-order chi connectivity index (χ1) is 16.8. The topological polar surface area (TPSA) is 124 Å². The van der Waals surface area contributed by atoms with Crippen LogP contribution in [0.4, 0.5) is 6.01 Å². The summed E-state index contributed by atoms with van der Waals surface area (Å²) in [5.74, 6) is 0.413. The summed E-state index contributed by atoms with van der Waals surface area (Å²) in [6.45, 7) is 5.11. The molecule has 3 aromatic rings. The molecule has 1 fully saturated rings. The normalized spacial score (nSPS) is 16.7. The quantitative estimate of drug-likeness (QED) is 0.426. The van der Waals surface area contributed by atoms with Crippen LogP contribution in [-0.2, 0) is 14.8 Å². The van der Waals surface area contributed by atoms with Crippen LogP contribution in [0.1, 0.15) is 26.7 Å². The van der Waals surface area contributed by atoms with Gasteiger partial charge < -0.3 is 13.9 Å². The summed E-state index contributed by atoms with van der Waals surface area (Å²) in [6.07, 6.45) is 1.10. The molecule has 1 unspecified atom stereocenters. The summed E-state index contributed by atoms with van der Waals surface area (Å²) in [7, 11) is -3.72. The Labute approximate surface area is 212 Å². The van der Waals surface area contributed by atoms with Crippen LogP contribution >= 0.6 is 22.9 Å². The molecule has 1 N–H and O–H groups in total. The van der Waals surface area contributed by atoms with Crippen molar-refractivity contribution in [3.8, 4) is 23.0 Å². The van der Waals surface area contributed by atoms with Crippen LogP contribution in [0.3, 0.4) is 0 Å². The van der Waals surface area contributed by atoms with E-state index in [0.29, 0.717) is 54.0 Å². The van der Waals surface area contributed by atoms with Gasteiger partial charge >= 0.3 is 6.01 Å². The number of amides is 1. The zero-order chi connectivity index (χ0) is 25.0. The van der Waals surface area contributed by atoms with E-state index in [2.05, 4.69) is 15.5 Å². The Bertz CT molecular complexity index is 1290. The third kappa shape index (κ3) is 5.77. The predicted octanol–water partition coefficient (Wildman–Crippen LogP) is 4.29. The molecule has 1 atom stereocenters. The lowest BCUT2D eigenvalue weighted by molar-refractivity contribution is -0.121. The lowest BCUT2D eigenvalue weighted by Gasteiger charge is -2.30. The maximum Gasteiger partial charge on any atom is 0.322 e. The summed E-state index contributed by atoms with van der Waals surface area (Å²) in [5.41, 5.74) is 0.606. The second-order valence-corrected chi connectivity index (χ2v) is 11.6. The molecular weight excluding hydrogens is 516 g/mol. The van der Waals surface area contributed by atoms with Gasteiger partial charge in [-0.1, -0.05) is 16.7 Å². The maximum atomic E-state index is 12.9. The van der Waals surface area contributed by atoms with E-state index in [4.69, 9.17) is 25.5 Å². The number of hydrogen-bond acceptors (Lipinski definition) is 9. The number of halogens is 1. The van der Waals surface area contributed by atoms with E-state index >= 15 is 0 Å². The molecule has 188 valence electrons. The molecule has 4 rings (SSSR count). The molecule has 10 nitrogen and oxygen atoms in total. The highest BCUT2D eigenvalue weighted by Crippen LogP contribution is 2.33. The number of hydrogen-bond donors (Lipinski definition) is 1. The van der Waals surface area contributed by atoms with Crippen molar-refractivity contribution in [1.82, 2.24) is 14.5 Å². The largest absolute Gasteiger partial charge is 0.490 e. The van der Waals surface area contributed by atoms with Gasteiger partial charge in [-0.2, -0.15) is 4.31 Å². The zero-order valence-electron chi connectivity index (χ0n) is 19.2. The summed E-state index contributed by atoms with van der Waals surface area (Å²) < 4.78 is 44.5. The van der Waals surface area contributed by atoms with E-state index < -0.39 is 15.9 Å². The molecule has 1 amide bonds. The van der Waals surface area contributed by atoms with Gasteiger partial charge in [0, 0.05) is 18.7 Å². The predicted molar refractivity (Wildman–Crippen MR) is 132 cm³/mol. The van der Waals surface area contributed by atoms with Gasteiger partial charge in [0.05, 0.1) is 23.5 Å². The number of sulfonamides is 1. The number of nitrogens with one attached hydrogen (secondary N) is 1. The minimum Gasteiger partial charge on any atom is -0.490 e. The third-order valence-electron chi connectivity index (χ3n) is 5.34. The Balaban J connectivity index is 1.44. The van der Waals surface area contributed by atoms with Crippen LogP contribution in [0.2, 0.25) is 4.34 Å². The number of thiophene rings is 1. The highest BCUT2D eigenvalue weighted by molar-refractivity contribution is 7.91. The monoisotopic (exact) mass is 540 g/mol. The third-order valence-corrected chi connectivity index (χ3v) is 8.91. The first-order valence-corrected chi connectivity index (χ1v) is 13.7. The van der Waals surface area contributed by atoms with Crippen molar-refractivity contribution in [2.24, 2.45) is 5.92 Å². The second kappa shape index (κ2) is 10.9. The molecule has 1 aliphatic rings. The van der Waals surface area contributed by atoms with Gasteiger partial charge in [0.15, 0.2) is 11.5 Å². The van der Waals surface area contributed by atoms with Crippen molar-refractivity contribution in [2.75, 3.05) is 31.6 Å². The smallest absolute Gasteiger partial charge is 0.322 e. The average molecular weight is 541 g/mol. The number of rotatable bonds is 9. The molecule has 0 spiro atoms.